The number of sulfonamides is 1. The maximum Gasteiger partial charge on any atom is 0.260 e. The van der Waals surface area contributed by atoms with Crippen LogP contribution in [0.4, 0.5) is 0 Å². The van der Waals surface area contributed by atoms with Crippen molar-refractivity contribution in [3.05, 3.63) is 16.7 Å². The number of hydrogen-bond acceptors (Lipinski definition) is 5. The Morgan fingerprint density at radius 2 is 2.39 bits per heavy atom. The van der Waals surface area contributed by atoms with Crippen molar-refractivity contribution in [2.45, 2.75) is 24.4 Å². The topological polar surface area (TPSA) is 83.7 Å². The molecule has 1 atom stereocenters. The summed E-state index contributed by atoms with van der Waals surface area (Å²) in [5.74, 6) is 0. The van der Waals surface area contributed by atoms with E-state index in [1.54, 1.807) is 18.5 Å². The summed E-state index contributed by atoms with van der Waals surface area (Å²) in [6.45, 7) is 1.51. The summed E-state index contributed by atoms with van der Waals surface area (Å²) in [4.78, 5) is 4.48. The van der Waals surface area contributed by atoms with Gasteiger partial charge in [-0.3, -0.25) is 4.40 Å². The van der Waals surface area contributed by atoms with Crippen LogP contribution in [0.5, 0.6) is 0 Å². The van der Waals surface area contributed by atoms with Crippen LogP contribution in [0.2, 0.25) is 5.15 Å². The molecule has 0 aromatic carbocycles. The third-order valence-corrected chi connectivity index (χ3v) is 5.14. The second-order valence-corrected chi connectivity index (χ2v) is 6.53. The molecule has 2 rings (SSSR count). The van der Waals surface area contributed by atoms with Crippen molar-refractivity contribution in [2.75, 3.05) is 6.61 Å². The van der Waals surface area contributed by atoms with Crippen LogP contribution in [0.1, 0.15) is 13.3 Å². The summed E-state index contributed by atoms with van der Waals surface area (Å²) in [7, 11) is -3.80. The van der Waals surface area contributed by atoms with Gasteiger partial charge in [-0.25, -0.2) is 18.1 Å². The van der Waals surface area contributed by atoms with Crippen molar-refractivity contribution in [2.24, 2.45) is 0 Å². The molecule has 2 heterocycles. The highest BCUT2D eigenvalue weighted by molar-refractivity contribution is 7.89. The second-order valence-electron chi connectivity index (χ2n) is 3.67. The smallest absolute Gasteiger partial charge is 0.260 e. The minimum Gasteiger partial charge on any atom is -0.395 e. The van der Waals surface area contributed by atoms with Crippen LogP contribution in [0.3, 0.4) is 0 Å². The molecule has 0 amide bonds. The van der Waals surface area contributed by atoms with Gasteiger partial charge in [0.1, 0.15) is 0 Å². The number of halogens is 1. The van der Waals surface area contributed by atoms with Crippen molar-refractivity contribution in [1.29, 1.82) is 0 Å². The van der Waals surface area contributed by atoms with Gasteiger partial charge in [-0.05, 0) is 6.42 Å². The van der Waals surface area contributed by atoms with Crippen LogP contribution in [0.25, 0.3) is 4.96 Å². The Hall–Kier alpha value is -0.670. The number of aliphatic hydroxyl groups is 1. The molecule has 0 saturated heterocycles. The molecular weight excluding hydrogens is 298 g/mol. The Morgan fingerprint density at radius 1 is 1.67 bits per heavy atom. The van der Waals surface area contributed by atoms with Gasteiger partial charge in [-0.2, -0.15) is 0 Å². The molecule has 2 N–H and O–H groups in total. The monoisotopic (exact) mass is 309 g/mol. The van der Waals surface area contributed by atoms with Crippen LogP contribution in [-0.4, -0.2) is 35.6 Å². The first-order valence-electron chi connectivity index (χ1n) is 5.23. The molecule has 1 unspecified atom stereocenters. The minimum atomic E-state index is -3.80. The number of hydrogen-bond donors (Lipinski definition) is 2. The van der Waals surface area contributed by atoms with Crippen molar-refractivity contribution in [1.82, 2.24) is 14.1 Å². The summed E-state index contributed by atoms with van der Waals surface area (Å²) in [6.07, 6.45) is 2.08. The molecule has 9 heteroatoms. The zero-order valence-corrected chi connectivity index (χ0v) is 11.9. The number of imidazole rings is 1. The number of nitrogens with one attached hydrogen (secondary N) is 1. The lowest BCUT2D eigenvalue weighted by molar-refractivity contribution is 0.253. The molecule has 0 radical (unpaired) electrons. The SMILES string of the molecule is CCC(CO)NS(=O)(=O)c1c(Cl)nc2sccn12. The molecule has 0 bridgehead atoms. The Bertz CT molecular complexity index is 645. The third kappa shape index (κ3) is 2.39. The number of thiazole rings is 1. The maximum atomic E-state index is 12.2. The Morgan fingerprint density at radius 3 is 3.00 bits per heavy atom. The molecule has 2 aromatic rings. The van der Waals surface area contributed by atoms with E-state index in [1.165, 1.54) is 15.7 Å². The summed E-state index contributed by atoms with van der Waals surface area (Å²) >= 11 is 7.15. The second kappa shape index (κ2) is 5.14. The van der Waals surface area contributed by atoms with Crippen LogP contribution >= 0.6 is 22.9 Å². The van der Waals surface area contributed by atoms with Crippen LogP contribution in [0.15, 0.2) is 16.6 Å². The van der Waals surface area contributed by atoms with E-state index in [9.17, 15) is 8.42 Å². The van der Waals surface area contributed by atoms with E-state index in [-0.39, 0.29) is 16.8 Å². The van der Waals surface area contributed by atoms with Gasteiger partial charge in [0.05, 0.1) is 6.61 Å². The van der Waals surface area contributed by atoms with Gasteiger partial charge in [0.15, 0.2) is 15.1 Å². The van der Waals surface area contributed by atoms with Gasteiger partial charge in [0, 0.05) is 17.6 Å². The summed E-state index contributed by atoms with van der Waals surface area (Å²) in [5.41, 5.74) is 0. The van der Waals surface area contributed by atoms with E-state index in [2.05, 4.69) is 9.71 Å². The van der Waals surface area contributed by atoms with E-state index < -0.39 is 16.1 Å². The van der Waals surface area contributed by atoms with Crippen molar-refractivity contribution in [3.8, 4) is 0 Å². The van der Waals surface area contributed by atoms with Crippen molar-refractivity contribution < 1.29 is 13.5 Å². The normalized spacial score (nSPS) is 14.2. The average Bonchev–Trinajstić information content (AvgIpc) is 2.84. The van der Waals surface area contributed by atoms with Crippen LogP contribution in [-0.2, 0) is 10.0 Å². The number of aromatic nitrogens is 2. The zero-order chi connectivity index (χ0) is 13.3. The van der Waals surface area contributed by atoms with Gasteiger partial charge in [0.25, 0.3) is 10.0 Å². The quantitative estimate of drug-likeness (QED) is 0.866. The number of nitrogens with zero attached hydrogens (tertiary/aromatic N) is 2. The summed E-state index contributed by atoms with van der Waals surface area (Å²) in [6, 6.07) is -0.532. The number of rotatable bonds is 5. The molecule has 0 saturated carbocycles. The molecule has 0 aliphatic heterocycles. The number of aliphatic hydroxyl groups excluding tert-OH is 1. The Kier molecular flexibility index (Phi) is 3.93. The largest absolute Gasteiger partial charge is 0.395 e. The molecule has 100 valence electrons. The summed E-state index contributed by atoms with van der Waals surface area (Å²) in [5, 5.41) is 10.6. The van der Waals surface area contributed by atoms with Gasteiger partial charge >= 0.3 is 0 Å². The predicted octanol–water partition coefficient (Wildman–Crippen LogP) is 1.10. The van der Waals surface area contributed by atoms with Crippen molar-refractivity contribution in [3.63, 3.8) is 0 Å². The lowest BCUT2D eigenvalue weighted by atomic mass is 10.3. The predicted molar refractivity (Wildman–Crippen MR) is 69.6 cm³/mol. The maximum absolute atomic E-state index is 12.2. The van der Waals surface area contributed by atoms with E-state index in [1.807, 2.05) is 0 Å². The van der Waals surface area contributed by atoms with E-state index in [0.717, 1.165) is 0 Å². The van der Waals surface area contributed by atoms with E-state index in [4.69, 9.17) is 16.7 Å². The standard InChI is InChI=1S/C9H12ClN3O3S2/c1-2-6(5-14)12-18(15,16)8-7(10)11-9-13(8)3-4-17-9/h3-4,6,12,14H,2,5H2,1H3. The van der Waals surface area contributed by atoms with Gasteiger partial charge in [-0.15, -0.1) is 11.3 Å². The van der Waals surface area contributed by atoms with E-state index >= 15 is 0 Å². The fraction of sp³-hybridized carbons (Fsp3) is 0.444. The number of fused-ring (bicyclic) bond motifs is 1. The molecule has 2 aromatic heterocycles. The zero-order valence-electron chi connectivity index (χ0n) is 9.50. The molecule has 0 aliphatic carbocycles. The average molecular weight is 310 g/mol. The Balaban J connectivity index is 2.46. The first-order chi connectivity index (χ1) is 8.49. The highest BCUT2D eigenvalue weighted by Crippen LogP contribution is 2.25. The van der Waals surface area contributed by atoms with Crippen molar-refractivity contribution >= 4 is 37.9 Å². The first-order valence-corrected chi connectivity index (χ1v) is 7.98. The van der Waals surface area contributed by atoms with E-state index in [0.29, 0.717) is 11.4 Å². The lowest BCUT2D eigenvalue weighted by Crippen LogP contribution is -2.37. The molecule has 0 fully saturated rings. The highest BCUT2D eigenvalue weighted by Gasteiger charge is 2.26. The fourth-order valence-corrected chi connectivity index (χ4v) is 4.27. The lowest BCUT2D eigenvalue weighted by Gasteiger charge is -2.13. The van der Waals surface area contributed by atoms with Gasteiger partial charge in [0.2, 0.25) is 0 Å². The molecular formula is C9H12ClN3O3S2. The first kappa shape index (κ1) is 13.8. The molecule has 6 nitrogen and oxygen atoms in total. The molecule has 18 heavy (non-hydrogen) atoms. The van der Waals surface area contributed by atoms with Crippen LogP contribution in [0, 0.1) is 0 Å². The highest BCUT2D eigenvalue weighted by atomic mass is 35.5. The van der Waals surface area contributed by atoms with Gasteiger partial charge < -0.3 is 5.11 Å². The van der Waals surface area contributed by atoms with Gasteiger partial charge in [-0.1, -0.05) is 18.5 Å². The third-order valence-electron chi connectivity index (χ3n) is 2.47. The Labute approximate surface area is 113 Å². The molecule has 0 spiro atoms. The van der Waals surface area contributed by atoms with Crippen LogP contribution < -0.4 is 4.72 Å². The molecule has 0 aliphatic rings. The summed E-state index contributed by atoms with van der Waals surface area (Å²) < 4.78 is 28.2. The minimum absolute atomic E-state index is 0.0675. The fourth-order valence-electron chi connectivity index (χ4n) is 1.50.